The summed E-state index contributed by atoms with van der Waals surface area (Å²) in [5.41, 5.74) is -0.0448. The lowest BCUT2D eigenvalue weighted by Gasteiger charge is -2.17. The number of non-ortho nitro benzene ring substituents is 1. The molecule has 0 saturated heterocycles. The number of rotatable bonds is 9. The monoisotopic (exact) mass is 283 g/mol. The second-order valence-corrected chi connectivity index (χ2v) is 3.75. The van der Waals surface area contributed by atoms with Crippen molar-refractivity contribution in [1.82, 2.24) is 0 Å². The molecule has 0 aliphatic rings. The Kier molecular flexibility index (Phi) is 6.61. The third kappa shape index (κ3) is 4.60. The number of carbonyl (C=O) groups is 1. The Morgan fingerprint density at radius 3 is 2.45 bits per heavy atom. The zero-order valence-electron chi connectivity index (χ0n) is 11.4. The van der Waals surface area contributed by atoms with E-state index in [1.54, 1.807) is 0 Å². The van der Waals surface area contributed by atoms with Crippen molar-refractivity contribution in [3.05, 3.63) is 33.9 Å². The Morgan fingerprint density at radius 1 is 1.30 bits per heavy atom. The van der Waals surface area contributed by atoms with Gasteiger partial charge in [-0.3, -0.25) is 14.9 Å². The molecule has 0 spiro atoms. The summed E-state index contributed by atoms with van der Waals surface area (Å²) in [6.07, 6.45) is -0.0294. The predicted molar refractivity (Wildman–Crippen MR) is 71.0 cm³/mol. The van der Waals surface area contributed by atoms with E-state index in [0.29, 0.717) is 19.5 Å². The van der Waals surface area contributed by atoms with Gasteiger partial charge < -0.3 is 14.2 Å². The van der Waals surface area contributed by atoms with Gasteiger partial charge in [-0.25, -0.2) is 0 Å². The predicted octanol–water partition coefficient (Wildman–Crippen LogP) is 2.19. The smallest absolute Gasteiger partial charge is 0.270 e. The summed E-state index contributed by atoms with van der Waals surface area (Å²) in [6.45, 7) is 4.69. The SMILES string of the molecule is CCOC(COc1ccc([N+](=O)[O-])cc1C=O)OCC. The fourth-order valence-corrected chi connectivity index (χ4v) is 1.55. The molecule has 0 heterocycles. The molecule has 7 heteroatoms. The molecule has 0 unspecified atom stereocenters. The fourth-order valence-electron chi connectivity index (χ4n) is 1.55. The Labute approximate surface area is 116 Å². The summed E-state index contributed by atoms with van der Waals surface area (Å²) in [5, 5.41) is 10.6. The van der Waals surface area contributed by atoms with E-state index < -0.39 is 11.2 Å². The van der Waals surface area contributed by atoms with E-state index in [1.165, 1.54) is 18.2 Å². The van der Waals surface area contributed by atoms with E-state index in [9.17, 15) is 14.9 Å². The summed E-state index contributed by atoms with van der Waals surface area (Å²) in [5.74, 6) is 0.259. The van der Waals surface area contributed by atoms with E-state index in [-0.39, 0.29) is 23.6 Å². The van der Waals surface area contributed by atoms with Crippen molar-refractivity contribution in [2.24, 2.45) is 0 Å². The van der Waals surface area contributed by atoms with Crippen molar-refractivity contribution in [2.45, 2.75) is 20.1 Å². The number of carbonyl (C=O) groups excluding carboxylic acids is 1. The molecule has 7 nitrogen and oxygen atoms in total. The van der Waals surface area contributed by atoms with Crippen LogP contribution in [0.2, 0.25) is 0 Å². The molecular weight excluding hydrogens is 266 g/mol. The first kappa shape index (κ1) is 16.1. The second kappa shape index (κ2) is 8.23. The fraction of sp³-hybridized carbons (Fsp3) is 0.462. The molecule has 0 bridgehead atoms. The van der Waals surface area contributed by atoms with Crippen LogP contribution in [-0.4, -0.2) is 37.3 Å². The van der Waals surface area contributed by atoms with Crippen molar-refractivity contribution >= 4 is 12.0 Å². The molecule has 1 aromatic carbocycles. The van der Waals surface area contributed by atoms with Crippen LogP contribution in [0.1, 0.15) is 24.2 Å². The molecular formula is C13H17NO6. The van der Waals surface area contributed by atoms with Gasteiger partial charge in [0.05, 0.1) is 10.5 Å². The number of aldehydes is 1. The molecule has 0 aliphatic heterocycles. The van der Waals surface area contributed by atoms with Crippen molar-refractivity contribution in [1.29, 1.82) is 0 Å². The van der Waals surface area contributed by atoms with Crippen LogP contribution in [0.5, 0.6) is 5.75 Å². The van der Waals surface area contributed by atoms with E-state index in [4.69, 9.17) is 14.2 Å². The topological polar surface area (TPSA) is 87.9 Å². The number of hydrogen-bond donors (Lipinski definition) is 0. The Bertz CT molecular complexity index is 456. The summed E-state index contributed by atoms with van der Waals surface area (Å²) in [7, 11) is 0. The van der Waals surface area contributed by atoms with Crippen LogP contribution in [0.15, 0.2) is 18.2 Å². The minimum absolute atomic E-state index is 0.0976. The molecule has 0 fully saturated rings. The summed E-state index contributed by atoms with van der Waals surface area (Å²) in [6, 6.07) is 3.83. The average molecular weight is 283 g/mol. The highest BCUT2D eigenvalue weighted by atomic mass is 16.7. The summed E-state index contributed by atoms with van der Waals surface area (Å²) in [4.78, 5) is 21.0. The molecule has 0 aromatic heterocycles. The van der Waals surface area contributed by atoms with Crippen molar-refractivity contribution in [3.8, 4) is 5.75 Å². The van der Waals surface area contributed by atoms with E-state index in [1.807, 2.05) is 13.8 Å². The average Bonchev–Trinajstić information content (AvgIpc) is 2.45. The Hall–Kier alpha value is -1.99. The number of ether oxygens (including phenoxy) is 3. The van der Waals surface area contributed by atoms with Gasteiger partial charge in [-0.05, 0) is 19.9 Å². The Balaban J connectivity index is 2.76. The third-order valence-electron chi connectivity index (χ3n) is 2.41. The molecule has 0 N–H and O–H groups in total. The largest absolute Gasteiger partial charge is 0.488 e. The lowest BCUT2D eigenvalue weighted by Crippen LogP contribution is -2.25. The molecule has 1 aromatic rings. The van der Waals surface area contributed by atoms with Gasteiger partial charge in [0, 0.05) is 25.3 Å². The number of nitro groups is 1. The zero-order valence-corrected chi connectivity index (χ0v) is 11.4. The number of benzene rings is 1. The third-order valence-corrected chi connectivity index (χ3v) is 2.41. The number of nitrogens with zero attached hydrogens (tertiary/aromatic N) is 1. The van der Waals surface area contributed by atoms with Crippen molar-refractivity contribution in [2.75, 3.05) is 19.8 Å². The number of nitro benzene ring substituents is 1. The number of hydrogen-bond acceptors (Lipinski definition) is 6. The molecule has 0 aliphatic carbocycles. The standard InChI is InChI=1S/C13H17NO6/c1-3-18-13(19-4-2)9-20-12-6-5-11(14(16)17)7-10(12)8-15/h5-8,13H,3-4,9H2,1-2H3. The molecule has 0 saturated carbocycles. The van der Waals surface area contributed by atoms with Crippen molar-refractivity contribution < 1.29 is 23.9 Å². The quantitative estimate of drug-likeness (QED) is 0.299. The van der Waals surface area contributed by atoms with Gasteiger partial charge in [-0.1, -0.05) is 0 Å². The van der Waals surface area contributed by atoms with Crippen LogP contribution in [0.4, 0.5) is 5.69 Å². The molecule has 20 heavy (non-hydrogen) atoms. The summed E-state index contributed by atoms with van der Waals surface area (Å²) >= 11 is 0. The van der Waals surface area contributed by atoms with Crippen molar-refractivity contribution in [3.63, 3.8) is 0 Å². The highest BCUT2D eigenvalue weighted by Crippen LogP contribution is 2.23. The lowest BCUT2D eigenvalue weighted by molar-refractivity contribution is -0.384. The van der Waals surface area contributed by atoms with Gasteiger partial charge in [0.1, 0.15) is 12.4 Å². The first-order chi connectivity index (χ1) is 9.62. The maximum absolute atomic E-state index is 10.9. The van der Waals surface area contributed by atoms with Gasteiger partial charge in [0.15, 0.2) is 12.6 Å². The van der Waals surface area contributed by atoms with E-state index >= 15 is 0 Å². The Morgan fingerprint density at radius 2 is 1.95 bits per heavy atom. The maximum atomic E-state index is 10.9. The first-order valence-corrected chi connectivity index (χ1v) is 6.22. The van der Waals surface area contributed by atoms with Gasteiger partial charge >= 0.3 is 0 Å². The van der Waals surface area contributed by atoms with Crippen LogP contribution in [0, 0.1) is 10.1 Å². The van der Waals surface area contributed by atoms with Crippen LogP contribution in [-0.2, 0) is 9.47 Å². The van der Waals surface area contributed by atoms with Gasteiger partial charge in [0.25, 0.3) is 5.69 Å². The minimum atomic E-state index is -0.569. The molecule has 110 valence electrons. The van der Waals surface area contributed by atoms with Gasteiger partial charge in [0.2, 0.25) is 0 Å². The normalized spacial score (nSPS) is 10.6. The minimum Gasteiger partial charge on any atom is -0.488 e. The van der Waals surface area contributed by atoms with Crippen LogP contribution in [0.3, 0.4) is 0 Å². The van der Waals surface area contributed by atoms with Crippen LogP contribution >= 0.6 is 0 Å². The summed E-state index contributed by atoms with van der Waals surface area (Å²) < 4.78 is 16.0. The molecule has 0 atom stereocenters. The van der Waals surface area contributed by atoms with Gasteiger partial charge in [-0.15, -0.1) is 0 Å². The highest BCUT2D eigenvalue weighted by molar-refractivity contribution is 5.80. The zero-order chi connectivity index (χ0) is 15.0. The molecule has 0 radical (unpaired) electrons. The molecule has 0 amide bonds. The van der Waals surface area contributed by atoms with E-state index in [0.717, 1.165) is 0 Å². The lowest BCUT2D eigenvalue weighted by atomic mass is 10.2. The van der Waals surface area contributed by atoms with Crippen LogP contribution in [0.25, 0.3) is 0 Å². The van der Waals surface area contributed by atoms with E-state index in [2.05, 4.69) is 0 Å². The molecule has 1 rings (SSSR count). The second-order valence-electron chi connectivity index (χ2n) is 3.75. The van der Waals surface area contributed by atoms with Crippen LogP contribution < -0.4 is 4.74 Å². The maximum Gasteiger partial charge on any atom is 0.270 e. The van der Waals surface area contributed by atoms with Gasteiger partial charge in [-0.2, -0.15) is 0 Å². The first-order valence-electron chi connectivity index (χ1n) is 6.22. The highest BCUT2D eigenvalue weighted by Gasteiger charge is 2.14.